The maximum Gasteiger partial charge on any atom is 0.124 e. The molecule has 0 bridgehead atoms. The SMILES string of the molecule is CCOc1cc2c(cc1CN1CCN(C)CC1)CCN(C)C2. The normalized spacial score (nSPS) is 20.9. The molecule has 122 valence electrons. The monoisotopic (exact) mass is 303 g/mol. The molecule has 0 aliphatic carbocycles. The lowest BCUT2D eigenvalue weighted by molar-refractivity contribution is 0.146. The number of rotatable bonds is 4. The van der Waals surface area contributed by atoms with Gasteiger partial charge in [-0.05, 0) is 44.6 Å². The average Bonchev–Trinajstić information content (AvgIpc) is 2.50. The topological polar surface area (TPSA) is 19.0 Å². The summed E-state index contributed by atoms with van der Waals surface area (Å²) in [7, 11) is 4.40. The van der Waals surface area contributed by atoms with E-state index < -0.39 is 0 Å². The van der Waals surface area contributed by atoms with Crippen LogP contribution in [0.5, 0.6) is 5.75 Å². The molecule has 0 atom stereocenters. The molecule has 1 aromatic rings. The van der Waals surface area contributed by atoms with Crippen molar-refractivity contribution in [3.63, 3.8) is 0 Å². The van der Waals surface area contributed by atoms with Crippen molar-refractivity contribution in [1.29, 1.82) is 0 Å². The molecule has 2 heterocycles. The third-order valence-corrected chi connectivity index (χ3v) is 4.88. The van der Waals surface area contributed by atoms with Gasteiger partial charge in [0.25, 0.3) is 0 Å². The van der Waals surface area contributed by atoms with Crippen LogP contribution in [0, 0.1) is 0 Å². The Hall–Kier alpha value is -1.10. The molecule has 0 spiro atoms. The second kappa shape index (κ2) is 6.99. The third kappa shape index (κ3) is 3.62. The number of fused-ring (bicyclic) bond motifs is 1. The van der Waals surface area contributed by atoms with Gasteiger partial charge in [-0.25, -0.2) is 0 Å². The molecule has 1 aromatic carbocycles. The lowest BCUT2D eigenvalue weighted by Gasteiger charge is -2.33. The molecule has 0 unspecified atom stereocenters. The lowest BCUT2D eigenvalue weighted by Crippen LogP contribution is -2.44. The molecule has 4 nitrogen and oxygen atoms in total. The summed E-state index contributed by atoms with van der Waals surface area (Å²) in [6.07, 6.45) is 1.16. The van der Waals surface area contributed by atoms with Gasteiger partial charge in [0.05, 0.1) is 6.61 Å². The van der Waals surface area contributed by atoms with Gasteiger partial charge in [-0.2, -0.15) is 0 Å². The van der Waals surface area contributed by atoms with E-state index in [2.05, 4.69) is 47.9 Å². The summed E-state index contributed by atoms with van der Waals surface area (Å²) in [5, 5.41) is 0. The van der Waals surface area contributed by atoms with Crippen LogP contribution in [-0.4, -0.2) is 68.1 Å². The van der Waals surface area contributed by atoms with E-state index in [-0.39, 0.29) is 0 Å². The minimum absolute atomic E-state index is 0.740. The first-order valence-electron chi connectivity index (χ1n) is 8.52. The van der Waals surface area contributed by atoms with Crippen LogP contribution >= 0.6 is 0 Å². The van der Waals surface area contributed by atoms with Gasteiger partial charge in [0.2, 0.25) is 0 Å². The number of piperazine rings is 1. The molecular weight excluding hydrogens is 274 g/mol. The first kappa shape index (κ1) is 15.8. The van der Waals surface area contributed by atoms with Crippen molar-refractivity contribution in [2.24, 2.45) is 0 Å². The molecule has 0 aromatic heterocycles. The van der Waals surface area contributed by atoms with E-state index in [9.17, 15) is 0 Å². The molecule has 4 heteroatoms. The van der Waals surface area contributed by atoms with Gasteiger partial charge in [-0.1, -0.05) is 6.07 Å². The first-order chi connectivity index (χ1) is 10.7. The molecule has 22 heavy (non-hydrogen) atoms. The Morgan fingerprint density at radius 2 is 1.73 bits per heavy atom. The van der Waals surface area contributed by atoms with E-state index >= 15 is 0 Å². The van der Waals surface area contributed by atoms with Gasteiger partial charge in [0, 0.05) is 51.4 Å². The van der Waals surface area contributed by atoms with Gasteiger partial charge in [0.1, 0.15) is 5.75 Å². The summed E-state index contributed by atoms with van der Waals surface area (Å²) in [4.78, 5) is 7.35. The van der Waals surface area contributed by atoms with Crippen LogP contribution in [0.2, 0.25) is 0 Å². The summed E-state index contributed by atoms with van der Waals surface area (Å²) in [5.41, 5.74) is 4.33. The fourth-order valence-corrected chi connectivity index (χ4v) is 3.44. The molecule has 3 rings (SSSR count). The number of likely N-dealkylation sites (N-methyl/N-ethyl adjacent to an activating group) is 2. The van der Waals surface area contributed by atoms with Crippen molar-refractivity contribution in [3.05, 3.63) is 28.8 Å². The van der Waals surface area contributed by atoms with E-state index in [0.717, 1.165) is 51.5 Å². The van der Waals surface area contributed by atoms with E-state index in [1.165, 1.54) is 29.8 Å². The molecule has 0 N–H and O–H groups in total. The first-order valence-corrected chi connectivity index (χ1v) is 8.52. The van der Waals surface area contributed by atoms with E-state index in [1.807, 2.05) is 0 Å². The highest BCUT2D eigenvalue weighted by Crippen LogP contribution is 2.29. The highest BCUT2D eigenvalue weighted by atomic mass is 16.5. The Bertz CT molecular complexity index is 509. The van der Waals surface area contributed by atoms with E-state index in [4.69, 9.17) is 4.74 Å². The van der Waals surface area contributed by atoms with Crippen LogP contribution in [0.15, 0.2) is 12.1 Å². The summed E-state index contributed by atoms with van der Waals surface area (Å²) in [6, 6.07) is 4.70. The third-order valence-electron chi connectivity index (χ3n) is 4.88. The maximum atomic E-state index is 5.95. The van der Waals surface area contributed by atoms with Crippen molar-refractivity contribution < 1.29 is 4.74 Å². The second-order valence-corrected chi connectivity index (χ2v) is 6.73. The maximum absolute atomic E-state index is 5.95. The zero-order chi connectivity index (χ0) is 15.5. The standard InChI is InChI=1S/C18H29N3O/c1-4-22-18-12-16-13-20(3)6-5-15(16)11-17(18)14-21-9-7-19(2)8-10-21/h11-12H,4-10,13-14H2,1-3H3. The van der Waals surface area contributed by atoms with E-state index in [0.29, 0.717) is 0 Å². The summed E-state index contributed by atoms with van der Waals surface area (Å²) in [6.45, 7) is 10.7. The smallest absolute Gasteiger partial charge is 0.124 e. The van der Waals surface area contributed by atoms with Crippen LogP contribution in [0.25, 0.3) is 0 Å². The fourth-order valence-electron chi connectivity index (χ4n) is 3.44. The zero-order valence-corrected chi connectivity index (χ0v) is 14.3. The zero-order valence-electron chi connectivity index (χ0n) is 14.3. The van der Waals surface area contributed by atoms with Gasteiger partial charge in [-0.15, -0.1) is 0 Å². The quantitative estimate of drug-likeness (QED) is 0.844. The molecule has 0 saturated carbocycles. The van der Waals surface area contributed by atoms with Crippen LogP contribution in [0.3, 0.4) is 0 Å². The number of hydrogen-bond donors (Lipinski definition) is 0. The van der Waals surface area contributed by atoms with Crippen LogP contribution in [0.4, 0.5) is 0 Å². The van der Waals surface area contributed by atoms with Crippen molar-refractivity contribution in [3.8, 4) is 5.75 Å². The predicted octanol–water partition coefficient (Wildman–Crippen LogP) is 1.82. The minimum atomic E-state index is 0.740. The van der Waals surface area contributed by atoms with Crippen molar-refractivity contribution in [2.75, 3.05) is 53.4 Å². The van der Waals surface area contributed by atoms with Gasteiger partial charge >= 0.3 is 0 Å². The Kier molecular flexibility index (Phi) is 5.01. The molecule has 2 aliphatic heterocycles. The summed E-state index contributed by atoms with van der Waals surface area (Å²) < 4.78 is 5.95. The Labute approximate surface area is 134 Å². The molecule has 1 saturated heterocycles. The predicted molar refractivity (Wildman–Crippen MR) is 90.4 cm³/mol. The van der Waals surface area contributed by atoms with Gasteiger partial charge < -0.3 is 14.5 Å². The highest BCUT2D eigenvalue weighted by molar-refractivity contribution is 5.44. The number of benzene rings is 1. The molecule has 2 aliphatic rings. The van der Waals surface area contributed by atoms with Gasteiger partial charge in [0.15, 0.2) is 0 Å². The molecular formula is C18H29N3O. The van der Waals surface area contributed by atoms with Crippen LogP contribution in [-0.2, 0) is 19.5 Å². The van der Waals surface area contributed by atoms with Crippen molar-refractivity contribution in [2.45, 2.75) is 26.4 Å². The summed E-state index contributed by atoms with van der Waals surface area (Å²) >= 11 is 0. The second-order valence-electron chi connectivity index (χ2n) is 6.73. The molecule has 0 amide bonds. The highest BCUT2D eigenvalue weighted by Gasteiger charge is 2.20. The van der Waals surface area contributed by atoms with Crippen LogP contribution < -0.4 is 4.74 Å². The average molecular weight is 303 g/mol. The minimum Gasteiger partial charge on any atom is -0.494 e. The Morgan fingerprint density at radius 1 is 0.955 bits per heavy atom. The lowest BCUT2D eigenvalue weighted by atomic mass is 9.96. The van der Waals surface area contributed by atoms with Crippen molar-refractivity contribution in [1.82, 2.24) is 14.7 Å². The number of nitrogens with zero attached hydrogens (tertiary/aromatic N) is 3. The molecule has 0 radical (unpaired) electrons. The molecule has 1 fully saturated rings. The van der Waals surface area contributed by atoms with Crippen LogP contribution in [0.1, 0.15) is 23.6 Å². The Morgan fingerprint density at radius 3 is 2.45 bits per heavy atom. The number of ether oxygens (including phenoxy) is 1. The fraction of sp³-hybridized carbons (Fsp3) is 0.667. The summed E-state index contributed by atoms with van der Waals surface area (Å²) in [5.74, 6) is 1.09. The van der Waals surface area contributed by atoms with E-state index in [1.54, 1.807) is 0 Å². The largest absolute Gasteiger partial charge is 0.494 e. The number of hydrogen-bond acceptors (Lipinski definition) is 4. The van der Waals surface area contributed by atoms with Crippen molar-refractivity contribution >= 4 is 0 Å². The van der Waals surface area contributed by atoms with Gasteiger partial charge in [-0.3, -0.25) is 4.90 Å². The Balaban J connectivity index is 1.79.